The van der Waals surface area contributed by atoms with Crippen LogP contribution < -0.4 is 5.32 Å². The zero-order chi connectivity index (χ0) is 14.1. The van der Waals surface area contributed by atoms with Gasteiger partial charge >= 0.3 is 0 Å². The zero-order valence-electron chi connectivity index (χ0n) is 13.2. The highest BCUT2D eigenvalue weighted by Gasteiger charge is 2.27. The van der Waals surface area contributed by atoms with Gasteiger partial charge in [-0.15, -0.1) is 0 Å². The maximum atomic E-state index is 3.57. The fourth-order valence-electron chi connectivity index (χ4n) is 3.56. The number of hydrogen-bond acceptors (Lipinski definition) is 1. The summed E-state index contributed by atoms with van der Waals surface area (Å²) in [4.78, 5) is 0. The molecule has 1 N–H and O–H groups in total. The van der Waals surface area contributed by atoms with E-state index in [-0.39, 0.29) is 5.41 Å². The predicted molar refractivity (Wildman–Crippen MR) is 83.5 cm³/mol. The van der Waals surface area contributed by atoms with Gasteiger partial charge < -0.3 is 5.32 Å². The van der Waals surface area contributed by atoms with Crippen molar-refractivity contribution < 1.29 is 0 Å². The SMILES string of the molecule is CC(C)(C)CC(C)(C)c1ccc(C2CCCN2)cc1. The van der Waals surface area contributed by atoms with Crippen LogP contribution >= 0.6 is 0 Å². The summed E-state index contributed by atoms with van der Waals surface area (Å²) in [6.07, 6.45) is 3.80. The maximum Gasteiger partial charge on any atom is 0.0320 e. The lowest BCUT2D eigenvalue weighted by Crippen LogP contribution is -2.24. The van der Waals surface area contributed by atoms with Gasteiger partial charge in [0.25, 0.3) is 0 Å². The Hall–Kier alpha value is -0.820. The van der Waals surface area contributed by atoms with Crippen molar-refractivity contribution in [1.82, 2.24) is 5.32 Å². The van der Waals surface area contributed by atoms with Gasteiger partial charge in [-0.2, -0.15) is 0 Å². The standard InChI is InChI=1S/C18H29N/c1-17(2,3)13-18(4,5)15-10-8-14(9-11-15)16-7-6-12-19-16/h8-11,16,19H,6-7,12-13H2,1-5H3. The molecule has 0 radical (unpaired) electrons. The number of nitrogens with one attached hydrogen (secondary N) is 1. The van der Waals surface area contributed by atoms with Crippen molar-refractivity contribution in [3.63, 3.8) is 0 Å². The van der Waals surface area contributed by atoms with E-state index in [1.165, 1.54) is 36.9 Å². The van der Waals surface area contributed by atoms with Crippen LogP contribution in [0.25, 0.3) is 0 Å². The minimum absolute atomic E-state index is 0.250. The number of rotatable bonds is 3. The Morgan fingerprint density at radius 2 is 1.68 bits per heavy atom. The molecular weight excluding hydrogens is 230 g/mol. The molecule has 1 saturated heterocycles. The third-order valence-corrected chi connectivity index (χ3v) is 4.13. The monoisotopic (exact) mass is 259 g/mol. The largest absolute Gasteiger partial charge is 0.310 e. The molecule has 0 saturated carbocycles. The van der Waals surface area contributed by atoms with Crippen molar-refractivity contribution >= 4 is 0 Å². The van der Waals surface area contributed by atoms with Gasteiger partial charge in [-0.1, -0.05) is 58.9 Å². The van der Waals surface area contributed by atoms with Gasteiger partial charge in [-0.25, -0.2) is 0 Å². The van der Waals surface area contributed by atoms with E-state index in [2.05, 4.69) is 64.2 Å². The Morgan fingerprint density at radius 1 is 1.05 bits per heavy atom. The van der Waals surface area contributed by atoms with E-state index in [9.17, 15) is 0 Å². The first-order valence-electron chi connectivity index (χ1n) is 7.62. The molecule has 106 valence electrons. The summed E-state index contributed by atoms with van der Waals surface area (Å²) in [6, 6.07) is 9.90. The van der Waals surface area contributed by atoms with E-state index >= 15 is 0 Å². The molecule has 1 aromatic rings. The lowest BCUT2D eigenvalue weighted by atomic mass is 9.72. The number of benzene rings is 1. The van der Waals surface area contributed by atoms with Crippen LogP contribution in [-0.4, -0.2) is 6.54 Å². The summed E-state index contributed by atoms with van der Waals surface area (Å²) in [6.45, 7) is 12.9. The summed E-state index contributed by atoms with van der Waals surface area (Å²) < 4.78 is 0. The second-order valence-corrected chi connectivity index (χ2v) is 7.89. The summed E-state index contributed by atoms with van der Waals surface area (Å²) in [5.74, 6) is 0. The fourth-order valence-corrected chi connectivity index (χ4v) is 3.56. The molecular formula is C18H29N. The fraction of sp³-hybridized carbons (Fsp3) is 0.667. The maximum absolute atomic E-state index is 3.57. The minimum Gasteiger partial charge on any atom is -0.310 e. The molecule has 19 heavy (non-hydrogen) atoms. The van der Waals surface area contributed by atoms with Crippen LogP contribution in [0.5, 0.6) is 0 Å². The topological polar surface area (TPSA) is 12.0 Å². The second-order valence-electron chi connectivity index (χ2n) is 7.89. The lowest BCUT2D eigenvalue weighted by molar-refractivity contribution is 0.284. The first kappa shape index (κ1) is 14.6. The Morgan fingerprint density at radius 3 is 2.16 bits per heavy atom. The molecule has 1 aliphatic rings. The van der Waals surface area contributed by atoms with Crippen LogP contribution in [0.3, 0.4) is 0 Å². The summed E-state index contributed by atoms with van der Waals surface area (Å²) in [5, 5.41) is 3.57. The van der Waals surface area contributed by atoms with Gasteiger partial charge in [0, 0.05) is 6.04 Å². The van der Waals surface area contributed by atoms with Gasteiger partial charge in [0.15, 0.2) is 0 Å². The van der Waals surface area contributed by atoms with Crippen LogP contribution in [0.15, 0.2) is 24.3 Å². The van der Waals surface area contributed by atoms with Crippen molar-refractivity contribution in [2.24, 2.45) is 5.41 Å². The van der Waals surface area contributed by atoms with Gasteiger partial charge in [-0.05, 0) is 47.8 Å². The molecule has 1 aromatic carbocycles. The highest BCUT2D eigenvalue weighted by Crippen LogP contribution is 2.36. The van der Waals surface area contributed by atoms with Gasteiger partial charge in [0.05, 0.1) is 0 Å². The van der Waals surface area contributed by atoms with Crippen LogP contribution in [-0.2, 0) is 5.41 Å². The summed E-state index contributed by atoms with van der Waals surface area (Å²) >= 11 is 0. The summed E-state index contributed by atoms with van der Waals surface area (Å²) in [7, 11) is 0. The Balaban J connectivity index is 2.12. The molecule has 1 heterocycles. The highest BCUT2D eigenvalue weighted by molar-refractivity contribution is 5.30. The molecule has 2 rings (SSSR count). The van der Waals surface area contributed by atoms with Crippen LogP contribution in [0.4, 0.5) is 0 Å². The molecule has 0 spiro atoms. The average molecular weight is 259 g/mol. The smallest absolute Gasteiger partial charge is 0.0320 e. The Bertz CT molecular complexity index is 402. The normalized spacial score (nSPS) is 20.8. The first-order chi connectivity index (χ1) is 8.78. The quantitative estimate of drug-likeness (QED) is 0.820. The molecule has 1 aliphatic heterocycles. The van der Waals surface area contributed by atoms with Gasteiger partial charge in [-0.3, -0.25) is 0 Å². The third kappa shape index (κ3) is 3.82. The van der Waals surface area contributed by atoms with Crippen molar-refractivity contribution in [3.8, 4) is 0 Å². The molecule has 0 amide bonds. The lowest BCUT2D eigenvalue weighted by Gasteiger charge is -2.33. The van der Waals surface area contributed by atoms with E-state index in [4.69, 9.17) is 0 Å². The molecule has 0 bridgehead atoms. The molecule has 1 fully saturated rings. The minimum atomic E-state index is 0.250. The average Bonchev–Trinajstić information content (AvgIpc) is 2.79. The van der Waals surface area contributed by atoms with Crippen molar-refractivity contribution in [1.29, 1.82) is 0 Å². The van der Waals surface area contributed by atoms with Crippen LogP contribution in [0, 0.1) is 5.41 Å². The van der Waals surface area contributed by atoms with Gasteiger partial charge in [0.1, 0.15) is 0 Å². The van der Waals surface area contributed by atoms with Gasteiger partial charge in [0.2, 0.25) is 0 Å². The van der Waals surface area contributed by atoms with Crippen molar-refractivity contribution in [2.75, 3.05) is 6.54 Å². The molecule has 0 aliphatic carbocycles. The van der Waals surface area contributed by atoms with Crippen LogP contribution in [0.2, 0.25) is 0 Å². The van der Waals surface area contributed by atoms with E-state index in [1.54, 1.807) is 0 Å². The van der Waals surface area contributed by atoms with E-state index in [0.29, 0.717) is 11.5 Å². The molecule has 1 nitrogen and oxygen atoms in total. The third-order valence-electron chi connectivity index (χ3n) is 4.13. The Kier molecular flexibility index (Phi) is 4.06. The highest BCUT2D eigenvalue weighted by atomic mass is 14.9. The zero-order valence-corrected chi connectivity index (χ0v) is 13.2. The second kappa shape index (κ2) is 5.28. The van der Waals surface area contributed by atoms with E-state index in [0.717, 1.165) is 0 Å². The van der Waals surface area contributed by atoms with Crippen LogP contribution in [0.1, 0.15) is 71.0 Å². The first-order valence-corrected chi connectivity index (χ1v) is 7.62. The molecule has 1 unspecified atom stereocenters. The summed E-state index contributed by atoms with van der Waals surface area (Å²) in [5.41, 5.74) is 3.53. The van der Waals surface area contributed by atoms with E-state index < -0.39 is 0 Å². The molecule has 0 aromatic heterocycles. The van der Waals surface area contributed by atoms with Crippen molar-refractivity contribution in [3.05, 3.63) is 35.4 Å². The Labute approximate surface area is 118 Å². The molecule has 1 heteroatoms. The molecule has 1 atom stereocenters. The number of hydrogen-bond donors (Lipinski definition) is 1. The van der Waals surface area contributed by atoms with Crippen molar-refractivity contribution in [2.45, 2.75) is 65.3 Å². The predicted octanol–water partition coefficient (Wildman–Crippen LogP) is 4.82. The van der Waals surface area contributed by atoms with E-state index in [1.807, 2.05) is 0 Å².